The average molecular weight is 348 g/mol. The summed E-state index contributed by atoms with van der Waals surface area (Å²) in [6.07, 6.45) is -11.4. The van der Waals surface area contributed by atoms with Gasteiger partial charge in [0.1, 0.15) is 11.5 Å². The van der Waals surface area contributed by atoms with Crippen molar-refractivity contribution in [3.63, 3.8) is 0 Å². The topological polar surface area (TPSA) is 61.3 Å². The lowest BCUT2D eigenvalue weighted by Crippen LogP contribution is -2.56. The monoisotopic (exact) mass is 348 g/mol. The Bertz CT molecular complexity index is 745. The fourth-order valence-electron chi connectivity index (χ4n) is 2.89. The third kappa shape index (κ3) is 2.00. The van der Waals surface area contributed by atoms with E-state index in [4.69, 9.17) is 16.2 Å². The molecule has 1 heterocycles. The van der Waals surface area contributed by atoms with Gasteiger partial charge in [0.15, 0.2) is 0 Å². The summed E-state index contributed by atoms with van der Waals surface area (Å²) < 4.78 is 88.4. The smallest absolute Gasteiger partial charge is 0.411 e. The first kappa shape index (κ1) is 16.3. The van der Waals surface area contributed by atoms with Crippen molar-refractivity contribution in [2.75, 3.05) is 11.5 Å². The van der Waals surface area contributed by atoms with Crippen molar-refractivity contribution in [3.8, 4) is 11.5 Å². The third-order valence-electron chi connectivity index (χ3n) is 3.89. The van der Waals surface area contributed by atoms with Crippen LogP contribution >= 0.6 is 0 Å². The number of hydrogen-bond donors (Lipinski definition) is 2. The van der Waals surface area contributed by atoms with Crippen LogP contribution in [0, 0.1) is 0 Å². The zero-order valence-electron chi connectivity index (χ0n) is 11.8. The van der Waals surface area contributed by atoms with Crippen LogP contribution in [0.3, 0.4) is 0 Å². The Kier molecular flexibility index (Phi) is 3.20. The van der Waals surface area contributed by atoms with Gasteiger partial charge < -0.3 is 16.2 Å². The van der Waals surface area contributed by atoms with Crippen molar-refractivity contribution in [2.45, 2.75) is 17.8 Å². The molecule has 0 amide bonds. The summed E-state index contributed by atoms with van der Waals surface area (Å²) in [5.41, 5.74) is 3.85. The predicted octanol–water partition coefficient (Wildman–Crippen LogP) is 4.37. The van der Waals surface area contributed by atoms with Crippen molar-refractivity contribution in [3.05, 3.63) is 47.5 Å². The van der Waals surface area contributed by atoms with Gasteiger partial charge in [-0.1, -0.05) is 0 Å². The van der Waals surface area contributed by atoms with Gasteiger partial charge in [-0.15, -0.1) is 0 Å². The molecule has 3 rings (SSSR count). The molecule has 9 heteroatoms. The van der Waals surface area contributed by atoms with E-state index >= 15 is 0 Å². The summed E-state index contributed by atoms with van der Waals surface area (Å²) in [5.74, 6) is -1.12. The molecule has 0 radical (unpaired) electrons. The van der Waals surface area contributed by atoms with Crippen LogP contribution in [0.1, 0.15) is 11.1 Å². The van der Waals surface area contributed by atoms with E-state index in [0.717, 1.165) is 12.1 Å². The second-order valence-electron chi connectivity index (χ2n) is 5.36. The van der Waals surface area contributed by atoms with Crippen LogP contribution in [0.25, 0.3) is 0 Å². The second-order valence-corrected chi connectivity index (χ2v) is 5.36. The molecule has 2 aromatic carbocycles. The number of ether oxygens (including phenoxy) is 1. The van der Waals surface area contributed by atoms with Gasteiger partial charge in [0.05, 0.1) is 0 Å². The normalized spacial score (nSPS) is 16.1. The van der Waals surface area contributed by atoms with Crippen molar-refractivity contribution >= 4 is 11.4 Å². The van der Waals surface area contributed by atoms with Gasteiger partial charge in [-0.05, 0) is 36.4 Å². The van der Waals surface area contributed by atoms with Crippen LogP contribution in [-0.4, -0.2) is 12.4 Å². The Morgan fingerprint density at radius 2 is 1.08 bits per heavy atom. The molecule has 1 aliphatic rings. The quantitative estimate of drug-likeness (QED) is 0.549. The lowest BCUT2D eigenvalue weighted by Gasteiger charge is -2.42. The third-order valence-corrected chi connectivity index (χ3v) is 3.89. The molecule has 4 N–H and O–H groups in total. The summed E-state index contributed by atoms with van der Waals surface area (Å²) in [7, 11) is 0. The lowest BCUT2D eigenvalue weighted by molar-refractivity contribution is -0.290. The molecule has 0 saturated heterocycles. The summed E-state index contributed by atoms with van der Waals surface area (Å²) in [5, 5.41) is 0. The van der Waals surface area contributed by atoms with E-state index < -0.39 is 40.4 Å². The molecule has 128 valence electrons. The van der Waals surface area contributed by atoms with E-state index in [2.05, 4.69) is 0 Å². The lowest BCUT2D eigenvalue weighted by atomic mass is 9.70. The maximum Gasteiger partial charge on any atom is 0.411 e. The molecule has 2 aromatic rings. The SMILES string of the molecule is Nc1ccc2c(c1)C(C(F)(F)F)(C(F)(F)F)c1cc(N)ccc1O2. The van der Waals surface area contributed by atoms with E-state index in [0.29, 0.717) is 12.1 Å². The molecule has 0 aliphatic carbocycles. The van der Waals surface area contributed by atoms with Gasteiger partial charge >= 0.3 is 12.4 Å². The molecular formula is C15H10F6N2O. The van der Waals surface area contributed by atoms with E-state index in [1.54, 1.807) is 0 Å². The molecule has 0 bridgehead atoms. The average Bonchev–Trinajstić information content (AvgIpc) is 2.42. The zero-order chi connectivity index (χ0) is 17.9. The van der Waals surface area contributed by atoms with Gasteiger partial charge in [0.25, 0.3) is 0 Å². The predicted molar refractivity (Wildman–Crippen MR) is 74.7 cm³/mol. The largest absolute Gasteiger partial charge is 0.457 e. The van der Waals surface area contributed by atoms with E-state index in [1.165, 1.54) is 12.1 Å². The van der Waals surface area contributed by atoms with Crippen molar-refractivity contribution in [1.82, 2.24) is 0 Å². The van der Waals surface area contributed by atoms with Gasteiger partial charge in [0.2, 0.25) is 5.41 Å². The Morgan fingerprint density at radius 1 is 0.708 bits per heavy atom. The first-order chi connectivity index (χ1) is 11.0. The highest BCUT2D eigenvalue weighted by atomic mass is 19.4. The highest BCUT2D eigenvalue weighted by Gasteiger charge is 2.75. The number of anilines is 2. The Hall–Kier alpha value is -2.58. The molecule has 0 fully saturated rings. The highest BCUT2D eigenvalue weighted by Crippen LogP contribution is 2.63. The van der Waals surface area contributed by atoms with Crippen LogP contribution < -0.4 is 16.2 Å². The van der Waals surface area contributed by atoms with Crippen LogP contribution in [0.4, 0.5) is 37.7 Å². The molecule has 0 unspecified atom stereocenters. The molecule has 24 heavy (non-hydrogen) atoms. The van der Waals surface area contributed by atoms with Crippen LogP contribution in [0.5, 0.6) is 11.5 Å². The van der Waals surface area contributed by atoms with Gasteiger partial charge in [0, 0.05) is 22.5 Å². The Labute approximate surface area is 131 Å². The van der Waals surface area contributed by atoms with Gasteiger partial charge in [-0.3, -0.25) is 0 Å². The minimum Gasteiger partial charge on any atom is -0.457 e. The summed E-state index contributed by atoms with van der Waals surface area (Å²) >= 11 is 0. The maximum atomic E-state index is 13.9. The number of halogens is 6. The fraction of sp³-hybridized carbons (Fsp3) is 0.200. The fourth-order valence-corrected chi connectivity index (χ4v) is 2.89. The van der Waals surface area contributed by atoms with Gasteiger partial charge in [-0.25, -0.2) is 0 Å². The summed E-state index contributed by atoms with van der Waals surface area (Å²) in [4.78, 5) is 0. The second kappa shape index (κ2) is 4.71. The first-order valence-corrected chi connectivity index (χ1v) is 6.60. The van der Waals surface area contributed by atoms with E-state index in [1.807, 2.05) is 0 Å². The Balaban J connectivity index is 2.51. The number of benzene rings is 2. The molecule has 0 atom stereocenters. The summed E-state index contributed by atoms with van der Waals surface area (Å²) in [6, 6.07) is 5.55. The minimum atomic E-state index is -5.69. The molecule has 3 nitrogen and oxygen atoms in total. The van der Waals surface area contributed by atoms with Crippen molar-refractivity contribution < 1.29 is 31.1 Å². The molecule has 0 aromatic heterocycles. The number of alkyl halides is 6. The molecule has 0 spiro atoms. The van der Waals surface area contributed by atoms with Crippen molar-refractivity contribution in [2.24, 2.45) is 0 Å². The van der Waals surface area contributed by atoms with E-state index in [-0.39, 0.29) is 11.4 Å². The number of rotatable bonds is 0. The number of nitrogens with two attached hydrogens (primary N) is 2. The minimum absolute atomic E-state index is 0.248. The van der Waals surface area contributed by atoms with Crippen LogP contribution in [-0.2, 0) is 5.41 Å². The maximum absolute atomic E-state index is 13.9. The first-order valence-electron chi connectivity index (χ1n) is 6.60. The van der Waals surface area contributed by atoms with E-state index in [9.17, 15) is 26.3 Å². The number of hydrogen-bond acceptors (Lipinski definition) is 3. The number of fused-ring (bicyclic) bond motifs is 2. The van der Waals surface area contributed by atoms with Crippen LogP contribution in [0.15, 0.2) is 36.4 Å². The van der Waals surface area contributed by atoms with Crippen LogP contribution in [0.2, 0.25) is 0 Å². The van der Waals surface area contributed by atoms with Crippen molar-refractivity contribution in [1.29, 1.82) is 0 Å². The Morgan fingerprint density at radius 3 is 1.42 bits per heavy atom. The molecule has 0 saturated carbocycles. The zero-order valence-corrected chi connectivity index (χ0v) is 11.8. The summed E-state index contributed by atoms with van der Waals surface area (Å²) in [6.45, 7) is 0. The van der Waals surface area contributed by atoms with Gasteiger partial charge in [-0.2, -0.15) is 26.3 Å². The molecular weight excluding hydrogens is 338 g/mol. The standard InChI is InChI=1S/C15H10F6N2O/c16-14(17,18)13(15(19,20)21)9-5-7(22)1-3-11(9)24-12-4-2-8(23)6-10(12)13/h1-6H,22-23H2. The number of nitrogen functional groups attached to an aromatic ring is 2. The highest BCUT2D eigenvalue weighted by molar-refractivity contribution is 5.65. The molecule has 1 aliphatic heterocycles.